The first-order valence-corrected chi connectivity index (χ1v) is 9.66. The number of benzene rings is 1. The molecule has 2 aliphatic heterocycles. The highest BCUT2D eigenvalue weighted by atomic mass is 19.1. The minimum Gasteiger partial charge on any atom is -0.444 e. The number of alkyl carbamates (subject to hydrolysis) is 1. The molecule has 0 spiro atoms. The lowest BCUT2D eigenvalue weighted by Crippen LogP contribution is -2.60. The largest absolute Gasteiger partial charge is 0.495 e. The van der Waals surface area contributed by atoms with Crippen LogP contribution in [0.3, 0.4) is 0 Å². The molecule has 1 aromatic carbocycles. The monoisotopic (exact) mass is 392 g/mol. The van der Waals surface area contributed by atoms with Crippen LogP contribution in [0.1, 0.15) is 48.5 Å². The molecule has 28 heavy (non-hydrogen) atoms. The van der Waals surface area contributed by atoms with E-state index in [0.29, 0.717) is 18.6 Å². The van der Waals surface area contributed by atoms with E-state index in [9.17, 15) is 9.18 Å². The van der Waals surface area contributed by atoms with Crippen molar-refractivity contribution < 1.29 is 23.2 Å². The molecule has 0 aliphatic carbocycles. The first-order chi connectivity index (χ1) is 12.8. The van der Waals surface area contributed by atoms with Crippen LogP contribution < -0.4 is 15.7 Å². The molecule has 2 saturated heterocycles. The molecular formula is C20H30BFN2O4. The Morgan fingerprint density at radius 2 is 1.75 bits per heavy atom. The van der Waals surface area contributed by atoms with Gasteiger partial charge >= 0.3 is 13.2 Å². The normalized spacial score (nSPS) is 21.4. The molecule has 0 aromatic heterocycles. The molecule has 2 aliphatic rings. The maximum Gasteiger partial charge on any atom is 0.495 e. The highest BCUT2D eigenvalue weighted by molar-refractivity contribution is 6.62. The van der Waals surface area contributed by atoms with Gasteiger partial charge in [0.25, 0.3) is 0 Å². The molecule has 1 amide bonds. The molecule has 0 bridgehead atoms. The van der Waals surface area contributed by atoms with Crippen molar-refractivity contribution in [2.75, 3.05) is 18.0 Å². The first-order valence-electron chi connectivity index (χ1n) is 9.66. The van der Waals surface area contributed by atoms with Crippen molar-refractivity contribution >= 4 is 24.4 Å². The Balaban J connectivity index is 1.64. The third-order valence-corrected chi connectivity index (χ3v) is 5.40. The second-order valence-electron chi connectivity index (χ2n) is 9.58. The topological polar surface area (TPSA) is 60.0 Å². The first kappa shape index (κ1) is 20.9. The van der Waals surface area contributed by atoms with E-state index in [0.717, 1.165) is 5.69 Å². The Labute approximate surface area is 166 Å². The highest BCUT2D eigenvalue weighted by Gasteiger charge is 2.52. The molecule has 2 heterocycles. The molecule has 154 valence electrons. The van der Waals surface area contributed by atoms with E-state index in [1.807, 2.05) is 59.4 Å². The maximum absolute atomic E-state index is 14.3. The van der Waals surface area contributed by atoms with Gasteiger partial charge < -0.3 is 24.3 Å². The lowest BCUT2D eigenvalue weighted by molar-refractivity contribution is 0.00578. The lowest BCUT2D eigenvalue weighted by atomic mass is 9.78. The van der Waals surface area contributed by atoms with Gasteiger partial charge in [-0.1, -0.05) is 0 Å². The van der Waals surface area contributed by atoms with Crippen molar-refractivity contribution in [1.82, 2.24) is 5.32 Å². The second-order valence-corrected chi connectivity index (χ2v) is 9.58. The fourth-order valence-corrected chi connectivity index (χ4v) is 3.15. The van der Waals surface area contributed by atoms with Crippen molar-refractivity contribution in [3.63, 3.8) is 0 Å². The summed E-state index contributed by atoms with van der Waals surface area (Å²) in [7, 11) is -0.614. The number of nitrogens with zero attached hydrogens (tertiary/aromatic N) is 1. The average molecular weight is 392 g/mol. The van der Waals surface area contributed by atoms with Crippen molar-refractivity contribution in [2.45, 2.75) is 71.3 Å². The van der Waals surface area contributed by atoms with E-state index in [2.05, 4.69) is 5.32 Å². The zero-order valence-electron chi connectivity index (χ0n) is 17.8. The fraction of sp³-hybridized carbons (Fsp3) is 0.650. The summed E-state index contributed by atoms with van der Waals surface area (Å²) in [5.74, 6) is -0.342. The van der Waals surface area contributed by atoms with Gasteiger partial charge in [0, 0.05) is 18.8 Å². The van der Waals surface area contributed by atoms with Crippen LogP contribution >= 0.6 is 0 Å². The van der Waals surface area contributed by atoms with Gasteiger partial charge in [-0.25, -0.2) is 9.18 Å². The number of amides is 1. The fourth-order valence-electron chi connectivity index (χ4n) is 3.15. The van der Waals surface area contributed by atoms with Crippen molar-refractivity contribution in [3.05, 3.63) is 24.0 Å². The SMILES string of the molecule is CC(C)(C)OC(=O)NC1CN(c2cc(F)cc(B3OC(C)(C)C(C)(C)O3)c2)C1. The van der Waals surface area contributed by atoms with Crippen molar-refractivity contribution in [1.29, 1.82) is 0 Å². The van der Waals surface area contributed by atoms with E-state index in [4.69, 9.17) is 14.0 Å². The van der Waals surface area contributed by atoms with Gasteiger partial charge in [-0.2, -0.15) is 0 Å². The van der Waals surface area contributed by atoms with E-state index in [1.54, 1.807) is 0 Å². The Bertz CT molecular complexity index is 741. The van der Waals surface area contributed by atoms with Crippen LogP contribution in [-0.4, -0.2) is 49.1 Å². The molecule has 0 unspecified atom stereocenters. The van der Waals surface area contributed by atoms with E-state index in [1.165, 1.54) is 12.1 Å². The van der Waals surface area contributed by atoms with Gasteiger partial charge in [-0.05, 0) is 72.1 Å². The summed E-state index contributed by atoms with van der Waals surface area (Å²) in [6.45, 7) is 14.5. The second kappa shape index (κ2) is 6.92. The van der Waals surface area contributed by atoms with Crippen LogP contribution in [0.5, 0.6) is 0 Å². The number of halogens is 1. The summed E-state index contributed by atoms with van der Waals surface area (Å²) in [5.41, 5.74) is -0.107. The predicted molar refractivity (Wildman–Crippen MR) is 107 cm³/mol. The van der Waals surface area contributed by atoms with Crippen LogP contribution in [0.25, 0.3) is 0 Å². The molecule has 0 atom stereocenters. The summed E-state index contributed by atoms with van der Waals surface area (Å²) >= 11 is 0. The summed E-state index contributed by atoms with van der Waals surface area (Å²) in [6, 6.07) is 4.79. The number of anilines is 1. The standard InChI is InChI=1S/C20H30BFN2O4/c1-18(2,3)26-17(25)23-15-11-24(12-15)16-9-13(8-14(22)10-16)21-27-19(4,5)20(6,7)28-21/h8-10,15H,11-12H2,1-7H3,(H,23,25). The number of carbonyl (C=O) groups excluding carboxylic acids is 1. The van der Waals surface area contributed by atoms with E-state index < -0.39 is 30.0 Å². The number of carbonyl (C=O) groups is 1. The Morgan fingerprint density at radius 3 is 2.29 bits per heavy atom. The highest BCUT2D eigenvalue weighted by Crippen LogP contribution is 2.36. The van der Waals surface area contributed by atoms with Gasteiger partial charge in [-0.3, -0.25) is 0 Å². The third kappa shape index (κ3) is 4.44. The van der Waals surface area contributed by atoms with Gasteiger partial charge in [-0.15, -0.1) is 0 Å². The molecule has 1 aromatic rings. The van der Waals surface area contributed by atoms with Crippen molar-refractivity contribution in [2.24, 2.45) is 0 Å². The number of rotatable bonds is 3. The number of ether oxygens (including phenoxy) is 1. The lowest BCUT2D eigenvalue weighted by Gasteiger charge is -2.41. The summed E-state index contributed by atoms with van der Waals surface area (Å²) in [4.78, 5) is 13.9. The Kier molecular flexibility index (Phi) is 5.17. The zero-order valence-corrected chi connectivity index (χ0v) is 17.8. The van der Waals surface area contributed by atoms with Crippen LogP contribution in [-0.2, 0) is 14.0 Å². The molecule has 1 N–H and O–H groups in total. The predicted octanol–water partition coefficient (Wildman–Crippen LogP) is 2.84. The molecule has 3 rings (SSSR count). The van der Waals surface area contributed by atoms with Crippen molar-refractivity contribution in [3.8, 4) is 0 Å². The van der Waals surface area contributed by atoms with Gasteiger partial charge in [0.05, 0.1) is 17.2 Å². The minimum atomic E-state index is -0.614. The molecule has 0 saturated carbocycles. The number of hydrogen-bond donors (Lipinski definition) is 1. The number of hydrogen-bond acceptors (Lipinski definition) is 5. The van der Waals surface area contributed by atoms with Gasteiger partial charge in [0.15, 0.2) is 0 Å². The van der Waals surface area contributed by atoms with Crippen LogP contribution in [0.4, 0.5) is 14.9 Å². The van der Waals surface area contributed by atoms with Crippen LogP contribution in [0.2, 0.25) is 0 Å². The summed E-state index contributed by atoms with van der Waals surface area (Å²) in [6.07, 6.45) is -0.436. The molecule has 2 fully saturated rings. The maximum atomic E-state index is 14.3. The zero-order chi connectivity index (χ0) is 20.9. The molecule has 8 heteroatoms. The average Bonchev–Trinajstić information content (AvgIpc) is 2.68. The molecule has 0 radical (unpaired) electrons. The van der Waals surface area contributed by atoms with Crippen LogP contribution in [0.15, 0.2) is 18.2 Å². The summed E-state index contributed by atoms with van der Waals surface area (Å²) in [5, 5.41) is 2.83. The quantitative estimate of drug-likeness (QED) is 0.802. The molecule has 6 nitrogen and oxygen atoms in total. The van der Waals surface area contributed by atoms with E-state index >= 15 is 0 Å². The van der Waals surface area contributed by atoms with E-state index in [-0.39, 0.29) is 11.9 Å². The Morgan fingerprint density at radius 1 is 1.18 bits per heavy atom. The minimum absolute atomic E-state index is 0.0292. The third-order valence-electron chi connectivity index (χ3n) is 5.40. The summed E-state index contributed by atoms with van der Waals surface area (Å²) < 4.78 is 31.6. The number of nitrogens with one attached hydrogen (secondary N) is 1. The smallest absolute Gasteiger partial charge is 0.444 e. The van der Waals surface area contributed by atoms with Gasteiger partial charge in [0.1, 0.15) is 11.4 Å². The van der Waals surface area contributed by atoms with Crippen LogP contribution in [0, 0.1) is 5.82 Å². The molecular weight excluding hydrogens is 362 g/mol. The van der Waals surface area contributed by atoms with Gasteiger partial charge in [0.2, 0.25) is 0 Å². The Hall–Kier alpha value is -1.80.